The zero-order valence-electron chi connectivity index (χ0n) is 48.2. The molecule has 13 heteroatoms. The van der Waals surface area contributed by atoms with Crippen molar-refractivity contribution in [1.82, 2.24) is 0 Å². The van der Waals surface area contributed by atoms with Crippen LogP contribution in [0.2, 0.25) is 0 Å². The van der Waals surface area contributed by atoms with Gasteiger partial charge >= 0.3 is 13.8 Å². The van der Waals surface area contributed by atoms with Gasteiger partial charge in [0, 0.05) is 13.0 Å². The highest BCUT2D eigenvalue weighted by molar-refractivity contribution is 7.47. The lowest BCUT2D eigenvalue weighted by molar-refractivity contribution is -0.220. The highest BCUT2D eigenvalue weighted by Crippen LogP contribution is 2.47. The van der Waals surface area contributed by atoms with Crippen molar-refractivity contribution in [2.45, 2.75) is 365 Å². The number of phosphoric acid groups is 1. The molecule has 0 heterocycles. The van der Waals surface area contributed by atoms with Crippen LogP contribution in [0.3, 0.4) is 0 Å². The number of hydrogen-bond acceptors (Lipinski definition) is 11. The van der Waals surface area contributed by atoms with Crippen LogP contribution in [0.4, 0.5) is 0 Å². The van der Waals surface area contributed by atoms with E-state index in [1.807, 2.05) is 0 Å². The van der Waals surface area contributed by atoms with Crippen LogP contribution in [0.5, 0.6) is 0 Å². The second-order valence-corrected chi connectivity index (χ2v) is 24.0. The molecule has 1 fully saturated rings. The van der Waals surface area contributed by atoms with Gasteiger partial charge in [0.25, 0.3) is 0 Å². The number of unbranched alkanes of at least 4 members (excludes halogenated alkanes) is 45. The standard InChI is InChI=1S/C61H121O12P/c1-3-5-7-9-11-13-15-17-19-21-23-24-25-26-27-28-29-30-31-32-33-34-36-38-40-42-44-46-48-50-55(62)72-54(53-71-74(68,69)73-61-59(66)57(64)56(63)58(65)60(61)67)52-70-51-49-47-45-43-41-39-37-35-22-20-18-16-14-12-10-8-6-4-2/h54,56-61,63-67H,3-53H2,1-2H3,(H,68,69)/t54-,56?,57-,58?,59?,60?,61?/m1/s1. The minimum absolute atomic E-state index is 0.0669. The van der Waals surface area contributed by atoms with E-state index < -0.39 is 63.1 Å². The number of hydrogen-bond donors (Lipinski definition) is 6. The van der Waals surface area contributed by atoms with Gasteiger partial charge in [-0.25, -0.2) is 4.57 Å². The SMILES string of the molecule is CCCCCCCCCCCCCCCCCCCCCCCCCCCCCCCC(=O)O[C@H](COCCCCCCCCCCCCCCCCCCCC)COP(=O)(O)OC1C(O)C(O)C(O)[C@@H](O)C1O. The fraction of sp³-hybridized carbons (Fsp3) is 0.984. The fourth-order valence-electron chi connectivity index (χ4n) is 10.5. The molecule has 0 bridgehead atoms. The Morgan fingerprint density at radius 2 is 0.635 bits per heavy atom. The maximum Gasteiger partial charge on any atom is 0.472 e. The smallest absolute Gasteiger partial charge is 0.457 e. The third-order valence-electron chi connectivity index (χ3n) is 15.5. The van der Waals surface area contributed by atoms with Crippen LogP contribution in [0.25, 0.3) is 0 Å². The third-order valence-corrected chi connectivity index (χ3v) is 16.5. The van der Waals surface area contributed by atoms with E-state index in [9.17, 15) is 39.8 Å². The molecule has 1 aliphatic carbocycles. The number of carbonyl (C=O) groups is 1. The second-order valence-electron chi connectivity index (χ2n) is 22.6. The quantitative estimate of drug-likeness (QED) is 0.0192. The van der Waals surface area contributed by atoms with E-state index >= 15 is 0 Å². The summed E-state index contributed by atoms with van der Waals surface area (Å²) >= 11 is 0. The zero-order valence-corrected chi connectivity index (χ0v) is 49.1. The molecule has 0 aromatic rings. The predicted octanol–water partition coefficient (Wildman–Crippen LogP) is 16.0. The molecular weight excluding hydrogens is 956 g/mol. The van der Waals surface area contributed by atoms with E-state index in [0.717, 1.165) is 38.5 Å². The number of esters is 1. The first-order chi connectivity index (χ1) is 36.0. The highest BCUT2D eigenvalue weighted by Gasteiger charge is 2.51. The lowest BCUT2D eigenvalue weighted by Gasteiger charge is -2.41. The summed E-state index contributed by atoms with van der Waals surface area (Å²) in [4.78, 5) is 23.4. The summed E-state index contributed by atoms with van der Waals surface area (Å²) in [5.41, 5.74) is 0. The average Bonchev–Trinajstić information content (AvgIpc) is 3.39. The Balaban J connectivity index is 2.18. The number of aliphatic hydroxyl groups excluding tert-OH is 5. The average molecular weight is 1080 g/mol. The Morgan fingerprint density at radius 3 is 0.932 bits per heavy atom. The molecule has 442 valence electrons. The molecule has 0 radical (unpaired) electrons. The summed E-state index contributed by atoms with van der Waals surface area (Å²) in [6, 6.07) is 0. The lowest BCUT2D eigenvalue weighted by Crippen LogP contribution is -2.64. The van der Waals surface area contributed by atoms with Gasteiger partial charge < -0.3 is 39.9 Å². The molecular formula is C61H121O12P. The summed E-state index contributed by atoms with van der Waals surface area (Å²) in [7, 11) is -5.02. The summed E-state index contributed by atoms with van der Waals surface area (Å²) < 4.78 is 34.5. The van der Waals surface area contributed by atoms with Crippen LogP contribution in [-0.4, -0.2) is 98.9 Å². The Hall–Kier alpha value is -0.660. The molecule has 0 saturated heterocycles. The van der Waals surface area contributed by atoms with Gasteiger partial charge in [-0.05, 0) is 12.8 Å². The van der Waals surface area contributed by atoms with Crippen molar-refractivity contribution in [3.8, 4) is 0 Å². The largest absolute Gasteiger partial charge is 0.472 e. The Kier molecular flexibility index (Phi) is 49.9. The van der Waals surface area contributed by atoms with Gasteiger partial charge in [0.1, 0.15) is 42.7 Å². The number of aliphatic hydroxyl groups is 5. The molecule has 1 saturated carbocycles. The Bertz CT molecular complexity index is 1230. The number of rotatable bonds is 57. The molecule has 6 unspecified atom stereocenters. The number of phosphoric ester groups is 1. The fourth-order valence-corrected chi connectivity index (χ4v) is 11.5. The van der Waals surface area contributed by atoms with E-state index in [-0.39, 0.29) is 13.0 Å². The molecule has 0 amide bonds. The van der Waals surface area contributed by atoms with Crippen molar-refractivity contribution in [2.75, 3.05) is 19.8 Å². The van der Waals surface area contributed by atoms with Crippen molar-refractivity contribution in [3.05, 3.63) is 0 Å². The molecule has 1 rings (SSSR count). The Labute approximate surface area is 455 Å². The molecule has 12 nitrogen and oxygen atoms in total. The minimum Gasteiger partial charge on any atom is -0.457 e. The highest BCUT2D eigenvalue weighted by atomic mass is 31.2. The van der Waals surface area contributed by atoms with Crippen molar-refractivity contribution < 1.29 is 58.3 Å². The van der Waals surface area contributed by atoms with Crippen molar-refractivity contribution in [2.24, 2.45) is 0 Å². The molecule has 1 aliphatic rings. The lowest BCUT2D eigenvalue weighted by atomic mass is 9.85. The van der Waals surface area contributed by atoms with E-state index in [0.29, 0.717) is 13.0 Å². The van der Waals surface area contributed by atoms with Gasteiger partial charge in [-0.15, -0.1) is 0 Å². The van der Waals surface area contributed by atoms with E-state index in [1.165, 1.54) is 257 Å². The molecule has 0 aliphatic heterocycles. The molecule has 0 aromatic carbocycles. The number of ether oxygens (including phenoxy) is 2. The zero-order chi connectivity index (χ0) is 54.0. The van der Waals surface area contributed by atoms with E-state index in [4.69, 9.17) is 18.5 Å². The maximum absolute atomic E-state index is 12.9. The summed E-state index contributed by atoms with van der Waals surface area (Å²) in [6.45, 7) is 4.35. The third kappa shape index (κ3) is 42.3. The van der Waals surface area contributed by atoms with Crippen LogP contribution in [0.1, 0.15) is 322 Å². The van der Waals surface area contributed by atoms with Gasteiger partial charge in [-0.2, -0.15) is 0 Å². The van der Waals surface area contributed by atoms with Crippen LogP contribution in [-0.2, 0) is 27.9 Å². The topological polar surface area (TPSA) is 192 Å². The summed E-state index contributed by atoms with van der Waals surface area (Å²) in [6.07, 6.45) is 49.1. The first kappa shape index (κ1) is 71.4. The summed E-state index contributed by atoms with van der Waals surface area (Å²) in [5, 5.41) is 50.5. The predicted molar refractivity (Wildman–Crippen MR) is 304 cm³/mol. The van der Waals surface area contributed by atoms with Gasteiger partial charge in [0.05, 0.1) is 13.2 Å². The van der Waals surface area contributed by atoms with Crippen molar-refractivity contribution >= 4 is 13.8 Å². The monoisotopic (exact) mass is 1080 g/mol. The van der Waals surface area contributed by atoms with Crippen molar-refractivity contribution in [3.63, 3.8) is 0 Å². The molecule has 0 spiro atoms. The molecule has 6 N–H and O–H groups in total. The molecule has 74 heavy (non-hydrogen) atoms. The van der Waals surface area contributed by atoms with E-state index in [1.54, 1.807) is 0 Å². The van der Waals surface area contributed by atoms with Crippen LogP contribution < -0.4 is 0 Å². The van der Waals surface area contributed by atoms with Crippen molar-refractivity contribution in [1.29, 1.82) is 0 Å². The molecule has 8 atom stereocenters. The Morgan fingerprint density at radius 1 is 0.378 bits per heavy atom. The molecule has 0 aromatic heterocycles. The van der Waals surface area contributed by atoms with Gasteiger partial charge in [0.15, 0.2) is 0 Å². The normalized spacial score (nSPS) is 20.3. The maximum atomic E-state index is 12.9. The van der Waals surface area contributed by atoms with Gasteiger partial charge in [-0.1, -0.05) is 303 Å². The van der Waals surface area contributed by atoms with Gasteiger partial charge in [-0.3, -0.25) is 13.8 Å². The van der Waals surface area contributed by atoms with Crippen LogP contribution in [0, 0.1) is 0 Å². The minimum atomic E-state index is -5.02. The number of carbonyl (C=O) groups excluding carboxylic acids is 1. The first-order valence-electron chi connectivity index (χ1n) is 31.9. The second kappa shape index (κ2) is 51.8. The van der Waals surface area contributed by atoms with Crippen LogP contribution in [0.15, 0.2) is 0 Å². The van der Waals surface area contributed by atoms with E-state index in [2.05, 4.69) is 13.8 Å². The summed E-state index contributed by atoms with van der Waals surface area (Å²) in [5.74, 6) is -0.465. The van der Waals surface area contributed by atoms with Crippen LogP contribution >= 0.6 is 7.82 Å². The van der Waals surface area contributed by atoms with Gasteiger partial charge in [0.2, 0.25) is 0 Å². The first-order valence-corrected chi connectivity index (χ1v) is 33.4.